The Balaban J connectivity index is 1.87. The van der Waals surface area contributed by atoms with Gasteiger partial charge in [0.1, 0.15) is 11.9 Å². The van der Waals surface area contributed by atoms with Crippen LogP contribution in [-0.2, 0) is 9.53 Å². The van der Waals surface area contributed by atoms with Crippen LogP contribution < -0.4 is 10.6 Å². The molecule has 1 aliphatic rings. The number of benzene rings is 1. The molecule has 0 spiro atoms. The van der Waals surface area contributed by atoms with E-state index in [1.165, 1.54) is 23.1 Å². The number of ether oxygens (including phenoxy) is 1. The zero-order valence-corrected chi connectivity index (χ0v) is 14.4. The Morgan fingerprint density at radius 3 is 2.76 bits per heavy atom. The molecule has 8 heteroatoms. The minimum atomic E-state index is -0.591. The third-order valence-electron chi connectivity index (χ3n) is 4.10. The number of hydrogen-bond donors (Lipinski definition) is 3. The van der Waals surface area contributed by atoms with E-state index in [-0.39, 0.29) is 31.1 Å². The Morgan fingerprint density at radius 1 is 1.36 bits per heavy atom. The van der Waals surface area contributed by atoms with Crippen LogP contribution in [0.2, 0.25) is 0 Å². The first-order valence-electron chi connectivity index (χ1n) is 8.18. The number of nitrogens with one attached hydrogen (secondary N) is 2. The number of aliphatic hydroxyl groups excluding tert-OH is 1. The zero-order valence-electron chi connectivity index (χ0n) is 14.4. The molecule has 1 heterocycles. The molecule has 0 unspecified atom stereocenters. The number of carbonyl (C=O) groups is 2. The minimum Gasteiger partial charge on any atom is -0.394 e. The molecule has 1 aliphatic heterocycles. The van der Waals surface area contributed by atoms with Crippen LogP contribution in [0.1, 0.15) is 19.3 Å². The van der Waals surface area contributed by atoms with Gasteiger partial charge in [-0.1, -0.05) is 6.07 Å². The van der Waals surface area contributed by atoms with E-state index in [1.807, 2.05) is 0 Å². The molecule has 0 aromatic heterocycles. The fourth-order valence-corrected chi connectivity index (χ4v) is 2.73. The van der Waals surface area contributed by atoms with Crippen molar-refractivity contribution in [1.29, 1.82) is 0 Å². The molecule has 0 radical (unpaired) electrons. The second kappa shape index (κ2) is 8.77. The molecule has 1 aromatic rings. The Morgan fingerprint density at radius 2 is 2.12 bits per heavy atom. The highest BCUT2D eigenvalue weighted by Crippen LogP contribution is 2.22. The van der Waals surface area contributed by atoms with Crippen molar-refractivity contribution in [3.63, 3.8) is 0 Å². The van der Waals surface area contributed by atoms with Gasteiger partial charge in [0.05, 0.1) is 25.2 Å². The van der Waals surface area contributed by atoms with Gasteiger partial charge in [-0.15, -0.1) is 0 Å². The summed E-state index contributed by atoms with van der Waals surface area (Å²) in [5.74, 6) is -0.489. The molecule has 0 aliphatic carbocycles. The van der Waals surface area contributed by atoms with Crippen molar-refractivity contribution < 1.29 is 23.8 Å². The monoisotopic (exact) mass is 353 g/mol. The molecule has 7 nitrogen and oxygen atoms in total. The number of rotatable bonds is 5. The van der Waals surface area contributed by atoms with Crippen molar-refractivity contribution in [2.75, 3.05) is 26.0 Å². The van der Waals surface area contributed by atoms with E-state index in [2.05, 4.69) is 10.6 Å². The largest absolute Gasteiger partial charge is 0.394 e. The molecule has 3 amide bonds. The molecule has 25 heavy (non-hydrogen) atoms. The van der Waals surface area contributed by atoms with Crippen LogP contribution in [0.4, 0.5) is 14.9 Å². The van der Waals surface area contributed by atoms with Gasteiger partial charge in [-0.25, -0.2) is 9.18 Å². The molecule has 1 saturated heterocycles. The lowest BCUT2D eigenvalue weighted by Crippen LogP contribution is -2.52. The highest BCUT2D eigenvalue weighted by atomic mass is 19.1. The molecule has 138 valence electrons. The van der Waals surface area contributed by atoms with E-state index in [1.54, 1.807) is 20.2 Å². The van der Waals surface area contributed by atoms with Crippen molar-refractivity contribution >= 4 is 17.6 Å². The highest BCUT2D eigenvalue weighted by molar-refractivity contribution is 5.89. The third kappa shape index (κ3) is 5.68. The second-order valence-corrected chi connectivity index (χ2v) is 6.26. The normalized spacial score (nSPS) is 23.0. The SMILES string of the molecule is CN(C)C(=O)C[C@@H]1CC[C@H](NC(=O)Nc2cccc(F)c2)[C@H](CO)O1. The summed E-state index contributed by atoms with van der Waals surface area (Å²) in [5, 5.41) is 14.8. The van der Waals surface area contributed by atoms with E-state index in [9.17, 15) is 19.1 Å². The van der Waals surface area contributed by atoms with Crippen molar-refractivity contribution in [3.05, 3.63) is 30.1 Å². The van der Waals surface area contributed by atoms with Gasteiger partial charge in [-0.05, 0) is 31.0 Å². The number of anilines is 1. The predicted molar refractivity (Wildman–Crippen MR) is 90.6 cm³/mol. The number of aliphatic hydroxyl groups is 1. The first-order valence-corrected chi connectivity index (χ1v) is 8.18. The summed E-state index contributed by atoms with van der Waals surface area (Å²) in [6, 6.07) is 4.69. The Bertz CT molecular complexity index is 611. The lowest BCUT2D eigenvalue weighted by atomic mass is 9.97. The molecular formula is C17H24FN3O4. The van der Waals surface area contributed by atoms with Gasteiger partial charge in [0.15, 0.2) is 0 Å². The van der Waals surface area contributed by atoms with E-state index in [4.69, 9.17) is 4.74 Å². The number of nitrogens with zero attached hydrogens (tertiary/aromatic N) is 1. The van der Waals surface area contributed by atoms with E-state index < -0.39 is 18.0 Å². The van der Waals surface area contributed by atoms with Crippen LogP contribution in [0.5, 0.6) is 0 Å². The van der Waals surface area contributed by atoms with Gasteiger partial charge >= 0.3 is 6.03 Å². The van der Waals surface area contributed by atoms with Crippen LogP contribution >= 0.6 is 0 Å². The van der Waals surface area contributed by atoms with Gasteiger partial charge in [-0.3, -0.25) is 4.79 Å². The molecule has 0 bridgehead atoms. The van der Waals surface area contributed by atoms with Crippen molar-refractivity contribution in [3.8, 4) is 0 Å². The zero-order chi connectivity index (χ0) is 18.4. The first-order chi connectivity index (χ1) is 11.9. The maximum atomic E-state index is 13.1. The van der Waals surface area contributed by atoms with Crippen LogP contribution in [0, 0.1) is 5.82 Å². The highest BCUT2D eigenvalue weighted by Gasteiger charge is 2.33. The van der Waals surface area contributed by atoms with Gasteiger partial charge in [0, 0.05) is 19.8 Å². The molecule has 1 fully saturated rings. The second-order valence-electron chi connectivity index (χ2n) is 6.26. The van der Waals surface area contributed by atoms with E-state index >= 15 is 0 Å². The maximum Gasteiger partial charge on any atom is 0.319 e. The minimum absolute atomic E-state index is 0.0445. The van der Waals surface area contributed by atoms with Gasteiger partial charge in [-0.2, -0.15) is 0 Å². The van der Waals surface area contributed by atoms with Gasteiger partial charge < -0.3 is 25.4 Å². The summed E-state index contributed by atoms with van der Waals surface area (Å²) in [5.41, 5.74) is 0.337. The number of halogens is 1. The molecule has 3 N–H and O–H groups in total. The molecule has 0 saturated carbocycles. The van der Waals surface area contributed by atoms with Crippen LogP contribution in [-0.4, -0.2) is 60.9 Å². The summed E-state index contributed by atoms with van der Waals surface area (Å²) in [7, 11) is 3.35. The van der Waals surface area contributed by atoms with Crippen molar-refractivity contribution in [2.45, 2.75) is 37.5 Å². The summed E-state index contributed by atoms with van der Waals surface area (Å²) in [6.45, 7) is -0.266. The smallest absolute Gasteiger partial charge is 0.319 e. The lowest BCUT2D eigenvalue weighted by Gasteiger charge is -2.36. The molecular weight excluding hydrogens is 329 g/mol. The number of urea groups is 1. The molecule has 1 aromatic carbocycles. The van der Waals surface area contributed by atoms with Gasteiger partial charge in [0.25, 0.3) is 0 Å². The average Bonchev–Trinajstić information content (AvgIpc) is 2.56. The fourth-order valence-electron chi connectivity index (χ4n) is 2.73. The average molecular weight is 353 g/mol. The maximum absolute atomic E-state index is 13.1. The Hall–Kier alpha value is -2.19. The topological polar surface area (TPSA) is 90.9 Å². The predicted octanol–water partition coefficient (Wildman–Crippen LogP) is 1.33. The number of carbonyl (C=O) groups excluding carboxylic acids is 2. The Kier molecular flexibility index (Phi) is 6.72. The van der Waals surface area contributed by atoms with E-state index in [0.29, 0.717) is 18.5 Å². The summed E-state index contributed by atoms with van der Waals surface area (Å²) >= 11 is 0. The Labute approximate surface area is 146 Å². The summed E-state index contributed by atoms with van der Waals surface area (Å²) in [6.07, 6.45) is 0.545. The summed E-state index contributed by atoms with van der Waals surface area (Å²) in [4.78, 5) is 25.3. The standard InChI is InChI=1S/C17H24FN3O4/c1-21(2)16(23)9-13-6-7-14(15(10-22)25-13)20-17(24)19-12-5-3-4-11(18)8-12/h3-5,8,13-15,22H,6-7,9-10H2,1-2H3,(H2,19,20,24)/t13-,14-,15-/m0/s1. The fraction of sp³-hybridized carbons (Fsp3) is 0.529. The van der Waals surface area contributed by atoms with Crippen molar-refractivity contribution in [1.82, 2.24) is 10.2 Å². The number of hydrogen-bond acceptors (Lipinski definition) is 4. The molecule has 2 rings (SSSR count). The van der Waals surface area contributed by atoms with Crippen molar-refractivity contribution in [2.24, 2.45) is 0 Å². The van der Waals surface area contributed by atoms with Crippen LogP contribution in [0.3, 0.4) is 0 Å². The molecule has 3 atom stereocenters. The third-order valence-corrected chi connectivity index (χ3v) is 4.10. The first kappa shape index (κ1) is 19.1. The van der Waals surface area contributed by atoms with Crippen LogP contribution in [0.15, 0.2) is 24.3 Å². The lowest BCUT2D eigenvalue weighted by molar-refractivity contribution is -0.137. The quantitative estimate of drug-likeness (QED) is 0.745. The van der Waals surface area contributed by atoms with Crippen LogP contribution in [0.25, 0.3) is 0 Å². The summed E-state index contributed by atoms with van der Waals surface area (Å²) < 4.78 is 18.9. The van der Waals surface area contributed by atoms with E-state index in [0.717, 1.165) is 0 Å². The van der Waals surface area contributed by atoms with Gasteiger partial charge in [0.2, 0.25) is 5.91 Å². The number of amides is 3.